The molecule has 1 saturated carbocycles. The Labute approximate surface area is 94.5 Å². The summed E-state index contributed by atoms with van der Waals surface area (Å²) in [5.41, 5.74) is 0.0903. The Morgan fingerprint density at radius 3 is 2.71 bits per heavy atom. The lowest BCUT2D eigenvalue weighted by Crippen LogP contribution is -1.97. The largest absolute Gasteiger partial charge is 0.490 e. The smallest absolute Gasteiger partial charge is 0.274 e. The molecule has 74 valence electrons. The van der Waals surface area contributed by atoms with Crippen LogP contribution in [0.25, 0.3) is 0 Å². The molecular formula is C9H8INO3. The van der Waals surface area contributed by atoms with Gasteiger partial charge in [-0.2, -0.15) is 0 Å². The summed E-state index contributed by atoms with van der Waals surface area (Å²) in [5.74, 6) is 0.603. The fourth-order valence-corrected chi connectivity index (χ4v) is 1.73. The summed E-state index contributed by atoms with van der Waals surface area (Å²) in [5, 5.41) is 10.6. The average Bonchev–Trinajstić information content (AvgIpc) is 2.87. The maximum atomic E-state index is 10.6. The third-order valence-corrected chi connectivity index (χ3v) is 2.52. The number of non-ortho nitro benzene ring substituents is 1. The van der Waals surface area contributed by atoms with Gasteiger partial charge in [-0.25, -0.2) is 0 Å². The molecule has 0 aromatic heterocycles. The van der Waals surface area contributed by atoms with E-state index in [1.807, 2.05) is 28.7 Å². The van der Waals surface area contributed by atoms with Gasteiger partial charge in [-0.15, -0.1) is 0 Å². The Kier molecular flexibility index (Phi) is 2.58. The number of halogens is 1. The van der Waals surface area contributed by atoms with E-state index in [2.05, 4.69) is 0 Å². The Morgan fingerprint density at radius 1 is 1.43 bits per heavy atom. The third-order valence-electron chi connectivity index (χ3n) is 1.89. The molecule has 0 unspecified atom stereocenters. The van der Waals surface area contributed by atoms with Crippen molar-refractivity contribution in [2.24, 2.45) is 0 Å². The Bertz CT molecular complexity index is 376. The molecule has 1 aliphatic rings. The Hall–Kier alpha value is -0.850. The van der Waals surface area contributed by atoms with Gasteiger partial charge in [-0.1, -0.05) is 0 Å². The Morgan fingerprint density at radius 2 is 2.14 bits per heavy atom. The predicted octanol–water partition coefficient (Wildman–Crippen LogP) is 2.74. The molecule has 0 spiro atoms. The van der Waals surface area contributed by atoms with Crippen molar-refractivity contribution in [1.29, 1.82) is 0 Å². The van der Waals surface area contributed by atoms with Crippen LogP contribution in [0.1, 0.15) is 12.8 Å². The SMILES string of the molecule is O=[N+]([O-])c1cc(I)cc(OC2CC2)c1. The molecule has 0 radical (unpaired) electrons. The average molecular weight is 305 g/mol. The van der Waals surface area contributed by atoms with Crippen molar-refractivity contribution >= 4 is 28.3 Å². The van der Waals surface area contributed by atoms with E-state index in [1.165, 1.54) is 12.1 Å². The summed E-state index contributed by atoms with van der Waals surface area (Å²) in [6.45, 7) is 0. The van der Waals surface area contributed by atoms with Crippen LogP contribution in [-0.2, 0) is 0 Å². The fraction of sp³-hybridized carbons (Fsp3) is 0.333. The molecule has 1 aliphatic carbocycles. The van der Waals surface area contributed by atoms with Crippen LogP contribution >= 0.6 is 22.6 Å². The first-order valence-electron chi connectivity index (χ1n) is 4.27. The lowest BCUT2D eigenvalue weighted by Gasteiger charge is -2.04. The molecule has 0 N–H and O–H groups in total. The molecule has 0 amide bonds. The van der Waals surface area contributed by atoms with Crippen LogP contribution in [0.5, 0.6) is 5.75 Å². The van der Waals surface area contributed by atoms with E-state index in [9.17, 15) is 10.1 Å². The van der Waals surface area contributed by atoms with Gasteiger partial charge in [-0.05, 0) is 41.5 Å². The zero-order valence-electron chi connectivity index (χ0n) is 7.27. The maximum Gasteiger partial charge on any atom is 0.274 e. The predicted molar refractivity (Wildman–Crippen MR) is 59.5 cm³/mol. The third kappa shape index (κ3) is 2.34. The van der Waals surface area contributed by atoms with Gasteiger partial charge in [0.05, 0.1) is 17.1 Å². The second-order valence-corrected chi connectivity index (χ2v) is 4.47. The number of nitro benzene ring substituents is 1. The summed E-state index contributed by atoms with van der Waals surface area (Å²) >= 11 is 2.05. The van der Waals surface area contributed by atoms with Gasteiger partial charge >= 0.3 is 0 Å². The van der Waals surface area contributed by atoms with E-state index >= 15 is 0 Å². The molecule has 0 bridgehead atoms. The van der Waals surface area contributed by atoms with Gasteiger partial charge < -0.3 is 4.74 Å². The highest BCUT2D eigenvalue weighted by atomic mass is 127. The van der Waals surface area contributed by atoms with Crippen LogP contribution in [0, 0.1) is 13.7 Å². The van der Waals surface area contributed by atoms with Crippen molar-refractivity contribution in [2.75, 3.05) is 0 Å². The molecule has 1 aromatic rings. The highest BCUT2D eigenvalue weighted by Gasteiger charge is 2.24. The number of ether oxygens (including phenoxy) is 1. The lowest BCUT2D eigenvalue weighted by atomic mass is 10.3. The van der Waals surface area contributed by atoms with Crippen molar-refractivity contribution in [3.05, 3.63) is 31.9 Å². The molecule has 0 atom stereocenters. The van der Waals surface area contributed by atoms with E-state index in [4.69, 9.17) is 4.74 Å². The zero-order chi connectivity index (χ0) is 10.1. The molecule has 1 fully saturated rings. The summed E-state index contributed by atoms with van der Waals surface area (Å²) in [4.78, 5) is 10.2. The standard InChI is InChI=1S/C9H8INO3/c10-6-3-7(11(12)13)5-9(4-6)14-8-1-2-8/h3-5,8H,1-2H2. The van der Waals surface area contributed by atoms with Crippen molar-refractivity contribution in [3.8, 4) is 5.75 Å². The van der Waals surface area contributed by atoms with Crippen molar-refractivity contribution in [3.63, 3.8) is 0 Å². The molecule has 4 nitrogen and oxygen atoms in total. The second-order valence-electron chi connectivity index (χ2n) is 3.22. The molecule has 14 heavy (non-hydrogen) atoms. The number of hydrogen-bond acceptors (Lipinski definition) is 3. The topological polar surface area (TPSA) is 52.4 Å². The molecule has 5 heteroatoms. The number of nitrogens with zero attached hydrogens (tertiary/aromatic N) is 1. The first kappa shape index (κ1) is 9.70. The van der Waals surface area contributed by atoms with Crippen molar-refractivity contribution in [1.82, 2.24) is 0 Å². The number of hydrogen-bond donors (Lipinski definition) is 0. The number of benzene rings is 1. The fourth-order valence-electron chi connectivity index (χ4n) is 1.10. The Balaban J connectivity index is 2.25. The molecule has 0 heterocycles. The highest BCUT2D eigenvalue weighted by Crippen LogP contribution is 2.30. The highest BCUT2D eigenvalue weighted by molar-refractivity contribution is 14.1. The zero-order valence-corrected chi connectivity index (χ0v) is 9.43. The van der Waals surface area contributed by atoms with E-state index in [-0.39, 0.29) is 11.8 Å². The lowest BCUT2D eigenvalue weighted by molar-refractivity contribution is -0.385. The summed E-state index contributed by atoms with van der Waals surface area (Å²) in [7, 11) is 0. The van der Waals surface area contributed by atoms with Crippen LogP contribution in [-0.4, -0.2) is 11.0 Å². The van der Waals surface area contributed by atoms with E-state index in [1.54, 1.807) is 0 Å². The van der Waals surface area contributed by atoms with Crippen LogP contribution in [0.4, 0.5) is 5.69 Å². The molecule has 0 aliphatic heterocycles. The summed E-state index contributed by atoms with van der Waals surface area (Å²) in [6, 6.07) is 4.81. The maximum absolute atomic E-state index is 10.6. The molecule has 2 rings (SSSR count). The molecular weight excluding hydrogens is 297 g/mol. The van der Waals surface area contributed by atoms with Crippen LogP contribution in [0.2, 0.25) is 0 Å². The van der Waals surface area contributed by atoms with Gasteiger partial charge in [0.15, 0.2) is 0 Å². The van der Waals surface area contributed by atoms with Gasteiger partial charge in [0.1, 0.15) is 5.75 Å². The molecule has 1 aromatic carbocycles. The first-order valence-corrected chi connectivity index (χ1v) is 5.34. The van der Waals surface area contributed by atoms with Crippen LogP contribution in [0.3, 0.4) is 0 Å². The van der Waals surface area contributed by atoms with Crippen LogP contribution < -0.4 is 4.74 Å². The van der Waals surface area contributed by atoms with E-state index in [0.29, 0.717) is 5.75 Å². The van der Waals surface area contributed by atoms with E-state index in [0.717, 1.165) is 16.4 Å². The van der Waals surface area contributed by atoms with Crippen molar-refractivity contribution < 1.29 is 9.66 Å². The first-order chi connectivity index (χ1) is 6.65. The van der Waals surface area contributed by atoms with Crippen molar-refractivity contribution in [2.45, 2.75) is 18.9 Å². The number of nitro groups is 1. The van der Waals surface area contributed by atoms with Gasteiger partial charge in [0.25, 0.3) is 5.69 Å². The minimum absolute atomic E-state index is 0.0903. The normalized spacial score (nSPS) is 15.2. The quantitative estimate of drug-likeness (QED) is 0.490. The van der Waals surface area contributed by atoms with Gasteiger partial charge in [0, 0.05) is 9.64 Å². The molecule has 0 saturated heterocycles. The van der Waals surface area contributed by atoms with E-state index < -0.39 is 4.92 Å². The minimum Gasteiger partial charge on any atom is -0.490 e. The van der Waals surface area contributed by atoms with Crippen LogP contribution in [0.15, 0.2) is 18.2 Å². The monoisotopic (exact) mass is 305 g/mol. The van der Waals surface area contributed by atoms with Gasteiger partial charge in [0.2, 0.25) is 0 Å². The second kappa shape index (κ2) is 3.72. The van der Waals surface area contributed by atoms with Gasteiger partial charge in [-0.3, -0.25) is 10.1 Å². The minimum atomic E-state index is -0.401. The number of rotatable bonds is 3. The summed E-state index contributed by atoms with van der Waals surface area (Å²) < 4.78 is 6.31. The summed E-state index contributed by atoms with van der Waals surface area (Å²) in [6.07, 6.45) is 2.38.